The van der Waals surface area contributed by atoms with Gasteiger partial charge in [-0.05, 0) is 20.4 Å². The summed E-state index contributed by atoms with van der Waals surface area (Å²) in [5.74, 6) is -0.788. The van der Waals surface area contributed by atoms with Crippen LogP contribution in [0.2, 0.25) is 0 Å². The summed E-state index contributed by atoms with van der Waals surface area (Å²) in [6.07, 6.45) is 1.57. The maximum atomic E-state index is 11.2. The Morgan fingerprint density at radius 2 is 2.35 bits per heavy atom. The maximum Gasteiger partial charge on any atom is 0.323 e. The second-order valence-corrected chi connectivity index (χ2v) is 5.02. The van der Waals surface area contributed by atoms with Crippen molar-refractivity contribution in [2.75, 3.05) is 33.3 Å². The Bertz CT molecular complexity index is 260. The topological polar surface area (TPSA) is 61.8 Å². The van der Waals surface area contributed by atoms with Gasteiger partial charge in [0.25, 0.3) is 0 Å². The van der Waals surface area contributed by atoms with Crippen LogP contribution in [0.3, 0.4) is 0 Å². The Hall–Kier alpha value is -0.650. The molecule has 2 atom stereocenters. The predicted octanol–water partition coefficient (Wildman–Crippen LogP) is 0.550. The standard InChI is InChI=1S/C12H24N2O3/c1-4-5-12(2,11(15)16)13-8-10-9-14(3)6-7-17-10/h10,13H,4-9H2,1-3H3,(H,15,16). The van der Waals surface area contributed by atoms with Gasteiger partial charge >= 0.3 is 5.97 Å². The van der Waals surface area contributed by atoms with E-state index in [1.807, 2.05) is 6.92 Å². The van der Waals surface area contributed by atoms with Gasteiger partial charge in [0.2, 0.25) is 0 Å². The van der Waals surface area contributed by atoms with Crippen LogP contribution in [0.15, 0.2) is 0 Å². The predicted molar refractivity (Wildman–Crippen MR) is 66.2 cm³/mol. The van der Waals surface area contributed by atoms with Crippen molar-refractivity contribution in [2.45, 2.75) is 38.3 Å². The lowest BCUT2D eigenvalue weighted by atomic mass is 9.96. The van der Waals surface area contributed by atoms with Crippen molar-refractivity contribution in [1.29, 1.82) is 0 Å². The molecule has 5 nitrogen and oxygen atoms in total. The van der Waals surface area contributed by atoms with Crippen molar-refractivity contribution in [3.63, 3.8) is 0 Å². The second kappa shape index (κ2) is 6.33. The van der Waals surface area contributed by atoms with E-state index in [0.717, 1.165) is 26.1 Å². The third-order valence-electron chi connectivity index (χ3n) is 3.28. The average Bonchev–Trinajstić information content (AvgIpc) is 2.27. The number of hydrogen-bond donors (Lipinski definition) is 2. The molecule has 1 rings (SSSR count). The monoisotopic (exact) mass is 244 g/mol. The average molecular weight is 244 g/mol. The van der Waals surface area contributed by atoms with E-state index >= 15 is 0 Å². The molecular formula is C12H24N2O3. The zero-order valence-corrected chi connectivity index (χ0v) is 11.0. The van der Waals surface area contributed by atoms with Crippen molar-refractivity contribution < 1.29 is 14.6 Å². The van der Waals surface area contributed by atoms with Gasteiger partial charge < -0.3 is 14.7 Å². The number of carbonyl (C=O) groups is 1. The number of likely N-dealkylation sites (N-methyl/N-ethyl adjacent to an activating group) is 1. The van der Waals surface area contributed by atoms with E-state index in [-0.39, 0.29) is 6.10 Å². The van der Waals surface area contributed by atoms with Crippen molar-refractivity contribution in [1.82, 2.24) is 10.2 Å². The molecule has 5 heteroatoms. The first-order valence-corrected chi connectivity index (χ1v) is 6.26. The number of nitrogens with zero attached hydrogens (tertiary/aromatic N) is 1. The summed E-state index contributed by atoms with van der Waals surface area (Å²) in [5.41, 5.74) is -0.839. The quantitative estimate of drug-likeness (QED) is 0.714. The van der Waals surface area contributed by atoms with Crippen LogP contribution in [0.4, 0.5) is 0 Å². The molecule has 1 heterocycles. The molecule has 2 N–H and O–H groups in total. The lowest BCUT2D eigenvalue weighted by Gasteiger charge is -2.33. The zero-order chi connectivity index (χ0) is 12.9. The Balaban J connectivity index is 2.43. The molecule has 100 valence electrons. The van der Waals surface area contributed by atoms with Gasteiger partial charge in [-0.1, -0.05) is 13.3 Å². The largest absolute Gasteiger partial charge is 0.480 e. The van der Waals surface area contributed by atoms with Crippen molar-refractivity contribution in [3.05, 3.63) is 0 Å². The van der Waals surface area contributed by atoms with E-state index in [9.17, 15) is 9.90 Å². The first-order valence-electron chi connectivity index (χ1n) is 6.26. The van der Waals surface area contributed by atoms with Crippen LogP contribution >= 0.6 is 0 Å². The highest BCUT2D eigenvalue weighted by atomic mass is 16.5. The Kier molecular flexibility index (Phi) is 5.36. The van der Waals surface area contributed by atoms with Gasteiger partial charge in [-0.2, -0.15) is 0 Å². The Labute approximate surface area is 103 Å². The van der Waals surface area contributed by atoms with Crippen LogP contribution in [-0.4, -0.2) is 60.9 Å². The highest BCUT2D eigenvalue weighted by Crippen LogP contribution is 2.13. The molecule has 0 aromatic rings. The molecule has 0 aromatic carbocycles. The molecular weight excluding hydrogens is 220 g/mol. The number of ether oxygens (including phenoxy) is 1. The fraction of sp³-hybridized carbons (Fsp3) is 0.917. The van der Waals surface area contributed by atoms with E-state index in [1.165, 1.54) is 0 Å². The van der Waals surface area contributed by atoms with Gasteiger partial charge in [0.05, 0.1) is 12.7 Å². The normalized spacial score (nSPS) is 25.5. The third kappa shape index (κ3) is 4.26. The van der Waals surface area contributed by atoms with E-state index in [2.05, 4.69) is 17.3 Å². The number of morpholine rings is 1. The minimum atomic E-state index is -0.839. The molecule has 0 radical (unpaired) electrons. The van der Waals surface area contributed by atoms with Crippen molar-refractivity contribution in [3.8, 4) is 0 Å². The summed E-state index contributed by atoms with van der Waals surface area (Å²) < 4.78 is 5.60. The number of hydrogen-bond acceptors (Lipinski definition) is 4. The molecule has 1 aliphatic heterocycles. The lowest BCUT2D eigenvalue weighted by Crippen LogP contribution is -2.54. The van der Waals surface area contributed by atoms with Crippen molar-refractivity contribution in [2.24, 2.45) is 0 Å². The third-order valence-corrected chi connectivity index (χ3v) is 3.28. The molecule has 0 amide bonds. The van der Waals surface area contributed by atoms with E-state index in [0.29, 0.717) is 13.0 Å². The molecule has 0 bridgehead atoms. The molecule has 1 fully saturated rings. The summed E-state index contributed by atoms with van der Waals surface area (Å²) in [7, 11) is 2.05. The number of carboxylic acid groups (broad SMARTS) is 1. The number of aliphatic carboxylic acids is 1. The van der Waals surface area contributed by atoms with Gasteiger partial charge in [-0.15, -0.1) is 0 Å². The van der Waals surface area contributed by atoms with Crippen LogP contribution in [0.1, 0.15) is 26.7 Å². The molecule has 17 heavy (non-hydrogen) atoms. The molecule has 0 saturated carbocycles. The smallest absolute Gasteiger partial charge is 0.323 e. The van der Waals surface area contributed by atoms with Crippen molar-refractivity contribution >= 4 is 5.97 Å². The van der Waals surface area contributed by atoms with Crippen LogP contribution in [0, 0.1) is 0 Å². The molecule has 1 aliphatic rings. The van der Waals surface area contributed by atoms with Gasteiger partial charge in [0.15, 0.2) is 0 Å². The number of rotatable bonds is 6. The summed E-state index contributed by atoms with van der Waals surface area (Å²) in [4.78, 5) is 13.4. The van der Waals surface area contributed by atoms with Gasteiger partial charge in [0.1, 0.15) is 5.54 Å². The minimum Gasteiger partial charge on any atom is -0.480 e. The second-order valence-electron chi connectivity index (χ2n) is 5.02. The molecule has 0 spiro atoms. The number of nitrogens with one attached hydrogen (secondary N) is 1. The van der Waals surface area contributed by atoms with Gasteiger partial charge in [0, 0.05) is 19.6 Å². The van der Waals surface area contributed by atoms with E-state index in [1.54, 1.807) is 6.92 Å². The van der Waals surface area contributed by atoms with E-state index in [4.69, 9.17) is 4.74 Å². The first kappa shape index (κ1) is 14.4. The summed E-state index contributed by atoms with van der Waals surface area (Å²) >= 11 is 0. The molecule has 0 aliphatic carbocycles. The van der Waals surface area contributed by atoms with Crippen LogP contribution in [-0.2, 0) is 9.53 Å². The SMILES string of the molecule is CCCC(C)(NCC1CN(C)CCO1)C(=O)O. The van der Waals surface area contributed by atoms with Gasteiger partial charge in [-0.25, -0.2) is 0 Å². The fourth-order valence-corrected chi connectivity index (χ4v) is 2.10. The fourth-order valence-electron chi connectivity index (χ4n) is 2.10. The molecule has 0 aromatic heterocycles. The minimum absolute atomic E-state index is 0.0873. The van der Waals surface area contributed by atoms with Crippen LogP contribution in [0.25, 0.3) is 0 Å². The highest BCUT2D eigenvalue weighted by molar-refractivity contribution is 5.78. The first-order chi connectivity index (χ1) is 7.98. The highest BCUT2D eigenvalue weighted by Gasteiger charge is 2.32. The lowest BCUT2D eigenvalue weighted by molar-refractivity contribution is -0.144. The summed E-state index contributed by atoms with van der Waals surface area (Å²) in [6.45, 7) is 6.85. The number of carboxylic acids is 1. The zero-order valence-electron chi connectivity index (χ0n) is 11.0. The van der Waals surface area contributed by atoms with Crippen LogP contribution < -0.4 is 5.32 Å². The Morgan fingerprint density at radius 3 is 2.88 bits per heavy atom. The molecule has 1 saturated heterocycles. The summed E-state index contributed by atoms with van der Waals surface area (Å²) in [6, 6.07) is 0. The van der Waals surface area contributed by atoms with Gasteiger partial charge in [-0.3, -0.25) is 10.1 Å². The molecule has 2 unspecified atom stereocenters. The summed E-state index contributed by atoms with van der Waals surface area (Å²) in [5, 5.41) is 12.4. The Morgan fingerprint density at radius 1 is 1.65 bits per heavy atom. The van der Waals surface area contributed by atoms with E-state index < -0.39 is 11.5 Å². The van der Waals surface area contributed by atoms with Crippen LogP contribution in [0.5, 0.6) is 0 Å². The maximum absolute atomic E-state index is 11.2.